The molecular formula is C33H32ClF3N4O6. The number of methoxy groups -OCH3 is 1. The summed E-state index contributed by atoms with van der Waals surface area (Å²) < 4.78 is 55.8. The number of carboxylic acid groups (broad SMARTS) is 1. The third-order valence-corrected chi connectivity index (χ3v) is 8.06. The quantitative estimate of drug-likeness (QED) is 0.114. The summed E-state index contributed by atoms with van der Waals surface area (Å²) in [4.78, 5) is 29.6. The van der Waals surface area contributed by atoms with E-state index >= 15 is 0 Å². The molecule has 0 radical (unpaired) electrons. The molecular weight excluding hydrogens is 641 g/mol. The maximum atomic E-state index is 14.5. The molecule has 1 aliphatic rings. The molecule has 0 aliphatic heterocycles. The highest BCUT2D eigenvalue weighted by atomic mass is 35.5. The minimum absolute atomic E-state index is 0.0806. The molecule has 10 nitrogen and oxygen atoms in total. The number of nitrogens with one attached hydrogen (secondary N) is 1. The lowest BCUT2D eigenvalue weighted by atomic mass is 9.87. The van der Waals surface area contributed by atoms with Crippen LogP contribution < -0.4 is 19.5 Å². The van der Waals surface area contributed by atoms with Gasteiger partial charge in [0, 0.05) is 40.7 Å². The molecule has 1 aliphatic carbocycles. The Morgan fingerprint density at radius 2 is 1.85 bits per heavy atom. The first-order valence-corrected chi connectivity index (χ1v) is 15.2. The van der Waals surface area contributed by atoms with Crippen molar-refractivity contribution < 1.29 is 42.1 Å². The van der Waals surface area contributed by atoms with Crippen molar-refractivity contribution in [3.63, 3.8) is 0 Å². The minimum Gasteiger partial charge on any atom is -0.497 e. The van der Waals surface area contributed by atoms with Crippen LogP contribution in [0.5, 0.6) is 17.2 Å². The van der Waals surface area contributed by atoms with Crippen molar-refractivity contribution >= 4 is 29.0 Å². The third-order valence-electron chi connectivity index (χ3n) is 7.82. The van der Waals surface area contributed by atoms with Gasteiger partial charge >= 0.3 is 12.3 Å². The summed E-state index contributed by atoms with van der Waals surface area (Å²) in [7, 11) is 1.52. The third kappa shape index (κ3) is 8.94. The number of halogens is 4. The van der Waals surface area contributed by atoms with Gasteiger partial charge in [0.25, 0.3) is 0 Å². The van der Waals surface area contributed by atoms with Crippen molar-refractivity contribution in [3.8, 4) is 22.9 Å². The molecule has 2 unspecified atom stereocenters. The second-order valence-electron chi connectivity index (χ2n) is 11.0. The van der Waals surface area contributed by atoms with E-state index in [-0.39, 0.29) is 31.0 Å². The monoisotopic (exact) mass is 672 g/mol. The number of aliphatic carboxylic acids is 1. The molecule has 2 N–H and O–H groups in total. The number of hydrogen-bond donors (Lipinski definition) is 2. The van der Waals surface area contributed by atoms with Crippen LogP contribution in [0.25, 0.3) is 5.69 Å². The lowest BCUT2D eigenvalue weighted by Gasteiger charge is -2.26. The predicted octanol–water partition coefficient (Wildman–Crippen LogP) is 6.99. The van der Waals surface area contributed by atoms with Crippen LogP contribution in [0.15, 0.2) is 67.3 Å². The molecule has 14 heteroatoms. The molecule has 4 aromatic rings. The molecule has 0 saturated carbocycles. The van der Waals surface area contributed by atoms with Crippen molar-refractivity contribution in [2.75, 3.05) is 19.0 Å². The van der Waals surface area contributed by atoms with Crippen LogP contribution in [0.2, 0.25) is 5.02 Å². The Hall–Kier alpha value is -4.78. The van der Waals surface area contributed by atoms with Gasteiger partial charge in [0.05, 0.1) is 19.4 Å². The van der Waals surface area contributed by atoms with E-state index in [1.165, 1.54) is 31.9 Å². The van der Waals surface area contributed by atoms with Crippen LogP contribution in [0.3, 0.4) is 0 Å². The van der Waals surface area contributed by atoms with Gasteiger partial charge in [-0.05, 0) is 73.6 Å². The van der Waals surface area contributed by atoms with Crippen LogP contribution in [-0.2, 0) is 22.4 Å². The van der Waals surface area contributed by atoms with E-state index in [0.29, 0.717) is 64.7 Å². The zero-order chi connectivity index (χ0) is 33.6. The number of nitrogens with zero attached hydrogens (tertiary/aromatic N) is 3. The summed E-state index contributed by atoms with van der Waals surface area (Å²) >= 11 is 6.32. The average molecular weight is 673 g/mol. The second-order valence-corrected chi connectivity index (χ2v) is 11.5. The number of carboxylic acids is 1. The number of benzene rings is 3. The van der Waals surface area contributed by atoms with E-state index in [0.717, 1.165) is 5.56 Å². The van der Waals surface area contributed by atoms with E-state index in [9.17, 15) is 22.8 Å². The van der Waals surface area contributed by atoms with E-state index in [1.54, 1.807) is 47.1 Å². The van der Waals surface area contributed by atoms with E-state index in [2.05, 4.69) is 20.1 Å². The van der Waals surface area contributed by atoms with Gasteiger partial charge in [0.1, 0.15) is 35.9 Å². The molecule has 0 fully saturated rings. The number of carbonyl (C=O) groups is 2. The number of rotatable bonds is 13. The number of ketones is 1. The van der Waals surface area contributed by atoms with Crippen LogP contribution in [0.1, 0.15) is 48.4 Å². The Morgan fingerprint density at radius 3 is 2.55 bits per heavy atom. The fourth-order valence-electron chi connectivity index (χ4n) is 5.60. The number of aromatic nitrogens is 3. The topological polar surface area (TPSA) is 125 Å². The maximum Gasteiger partial charge on any atom is 0.573 e. The summed E-state index contributed by atoms with van der Waals surface area (Å²) in [6.45, 7) is 0.0806. The fourth-order valence-corrected chi connectivity index (χ4v) is 5.77. The highest BCUT2D eigenvalue weighted by molar-refractivity contribution is 6.30. The summed E-state index contributed by atoms with van der Waals surface area (Å²) in [6.07, 6.45) is -0.0215. The standard InChI is InChI=1S/C33H32ClF3N4O6/c1-45-27-16-24(15-25(17-27)41-19-38-18-39-41)40-31(28-11-9-23(34)14-29(28)46-12-2-3-30(42)43)32(44)21-5-4-20-8-10-26(47-33(35,36)37)13-22(20)7-6-21/h8-11,13-19,21,31,40H,2-7,12H2,1H3,(H,42,43). The number of anilines is 1. The zero-order valence-electron chi connectivity index (χ0n) is 25.3. The number of alkyl halides is 3. The van der Waals surface area contributed by atoms with Gasteiger partial charge in [-0.15, -0.1) is 13.2 Å². The number of carbonyl (C=O) groups excluding carboxylic acids is 1. The van der Waals surface area contributed by atoms with Crippen LogP contribution in [-0.4, -0.2) is 51.7 Å². The smallest absolute Gasteiger partial charge is 0.497 e. The van der Waals surface area contributed by atoms with Gasteiger partial charge in [-0.1, -0.05) is 23.7 Å². The SMILES string of the molecule is COc1cc(NC(C(=O)C2CCc3ccc(OC(F)(F)F)cc3CC2)c2ccc(Cl)cc2OCCCC(=O)O)cc(-n2cncn2)c1. The van der Waals surface area contributed by atoms with E-state index < -0.39 is 24.3 Å². The average Bonchev–Trinajstić information content (AvgIpc) is 3.49. The number of ether oxygens (including phenoxy) is 3. The van der Waals surface area contributed by atoms with Gasteiger partial charge in [-0.2, -0.15) is 5.10 Å². The summed E-state index contributed by atoms with van der Waals surface area (Å²) in [5, 5.41) is 17.0. The molecule has 0 amide bonds. The number of aryl methyl sites for hydroxylation is 2. The Bertz CT molecular complexity index is 1720. The number of fused-ring (bicyclic) bond motifs is 1. The molecule has 0 spiro atoms. The van der Waals surface area contributed by atoms with Crippen molar-refractivity contribution in [3.05, 3.63) is 89.0 Å². The van der Waals surface area contributed by atoms with E-state index in [4.69, 9.17) is 26.2 Å². The molecule has 248 valence electrons. The van der Waals surface area contributed by atoms with Crippen LogP contribution in [0.4, 0.5) is 18.9 Å². The maximum absolute atomic E-state index is 14.5. The van der Waals surface area contributed by atoms with Crippen molar-refractivity contribution in [1.29, 1.82) is 0 Å². The van der Waals surface area contributed by atoms with Crippen molar-refractivity contribution in [1.82, 2.24) is 14.8 Å². The molecule has 2 atom stereocenters. The van der Waals surface area contributed by atoms with Gasteiger partial charge in [-0.3, -0.25) is 9.59 Å². The predicted molar refractivity (Wildman–Crippen MR) is 166 cm³/mol. The fraction of sp³-hybridized carbons (Fsp3) is 0.333. The van der Waals surface area contributed by atoms with E-state index in [1.807, 2.05) is 0 Å². The Morgan fingerprint density at radius 1 is 1.06 bits per heavy atom. The lowest BCUT2D eigenvalue weighted by Crippen LogP contribution is -2.28. The minimum atomic E-state index is -4.81. The first-order valence-electron chi connectivity index (χ1n) is 14.8. The van der Waals surface area contributed by atoms with Gasteiger partial charge < -0.3 is 24.6 Å². The molecule has 0 saturated heterocycles. The van der Waals surface area contributed by atoms with Crippen LogP contribution in [0, 0.1) is 5.92 Å². The normalized spacial score (nSPS) is 15.2. The molecule has 1 heterocycles. The molecule has 3 aromatic carbocycles. The largest absolute Gasteiger partial charge is 0.573 e. The second kappa shape index (κ2) is 14.8. The molecule has 0 bridgehead atoms. The first kappa shape index (κ1) is 33.6. The van der Waals surface area contributed by atoms with Gasteiger partial charge in [-0.25, -0.2) is 9.67 Å². The van der Waals surface area contributed by atoms with Crippen molar-refractivity contribution in [2.45, 2.75) is 50.9 Å². The number of hydrogen-bond acceptors (Lipinski definition) is 8. The summed E-state index contributed by atoms with van der Waals surface area (Å²) in [6, 6.07) is 13.5. The molecule has 5 rings (SSSR count). The lowest BCUT2D eigenvalue weighted by molar-refractivity contribution is -0.274. The Labute approximate surface area is 273 Å². The molecule has 1 aromatic heterocycles. The van der Waals surface area contributed by atoms with Gasteiger partial charge in [0.2, 0.25) is 0 Å². The highest BCUT2D eigenvalue weighted by Gasteiger charge is 2.34. The summed E-state index contributed by atoms with van der Waals surface area (Å²) in [5.74, 6) is -1.07. The van der Waals surface area contributed by atoms with Crippen molar-refractivity contribution in [2.24, 2.45) is 5.92 Å². The number of Topliss-reactive ketones (excluding diaryl/α,β-unsaturated/α-hetero) is 1. The Balaban J connectivity index is 1.47. The summed E-state index contributed by atoms with van der Waals surface area (Å²) in [5.41, 5.74) is 3.20. The van der Waals surface area contributed by atoms with Gasteiger partial charge in [0.15, 0.2) is 5.78 Å². The first-order chi connectivity index (χ1) is 22.5. The Kier molecular flexibility index (Phi) is 10.5. The highest BCUT2D eigenvalue weighted by Crippen LogP contribution is 2.38. The zero-order valence-corrected chi connectivity index (χ0v) is 26.1. The molecule has 47 heavy (non-hydrogen) atoms. The van der Waals surface area contributed by atoms with Crippen LogP contribution >= 0.6 is 11.6 Å².